The van der Waals surface area contributed by atoms with Crippen LogP contribution in [0.1, 0.15) is 62.4 Å². The van der Waals surface area contributed by atoms with Crippen molar-refractivity contribution >= 4 is 23.6 Å². The number of aromatic hydroxyl groups is 1. The number of alkyl carbamates (subject to hydrolysis) is 1. The molecule has 0 saturated carbocycles. The van der Waals surface area contributed by atoms with Crippen molar-refractivity contribution in [3.05, 3.63) is 95.1 Å². The first-order valence-corrected chi connectivity index (χ1v) is 13.9. The van der Waals surface area contributed by atoms with Crippen molar-refractivity contribution in [1.82, 2.24) is 10.2 Å². The average Bonchev–Trinajstić information content (AvgIpc) is 2.89. The number of anilines is 1. The SMILES string of the molecule is CCCN(C(=O)C(Cc1ccccc1)NC(=O)OC(C)(C)C)C(C(=O)Nc1c(C)cccc1C)c1cccc(O)c1. The standard InChI is InChI=1S/C33H41N3O5/c1-7-19-36(31(39)27(20-24-15-9-8-10-16-24)34-32(40)41-33(4,5)6)29(25-17-12-18-26(37)21-25)30(38)35-28-22(2)13-11-14-23(28)3/h8-18,21,27,29,37H,7,19-20H2,1-6H3,(H,34,40)(H,35,38). The highest BCUT2D eigenvalue weighted by molar-refractivity contribution is 6.00. The molecule has 0 spiro atoms. The first kappa shape index (κ1) is 31.2. The van der Waals surface area contributed by atoms with Gasteiger partial charge in [-0.15, -0.1) is 0 Å². The smallest absolute Gasteiger partial charge is 0.408 e. The summed E-state index contributed by atoms with van der Waals surface area (Å²) in [5, 5.41) is 16.1. The zero-order valence-electron chi connectivity index (χ0n) is 24.7. The van der Waals surface area contributed by atoms with Crippen LogP contribution < -0.4 is 10.6 Å². The van der Waals surface area contributed by atoms with Crippen molar-refractivity contribution in [2.75, 3.05) is 11.9 Å². The van der Waals surface area contributed by atoms with E-state index in [1.54, 1.807) is 32.9 Å². The van der Waals surface area contributed by atoms with Crippen LogP contribution in [-0.2, 0) is 20.7 Å². The van der Waals surface area contributed by atoms with E-state index in [1.807, 2.05) is 69.3 Å². The van der Waals surface area contributed by atoms with Gasteiger partial charge in [0, 0.05) is 18.7 Å². The molecule has 3 amide bonds. The minimum atomic E-state index is -1.08. The Morgan fingerprint density at radius 1 is 0.927 bits per heavy atom. The number of phenolic OH excluding ortho intramolecular Hbond substituents is 1. The van der Waals surface area contributed by atoms with Gasteiger partial charge in [0.25, 0.3) is 5.91 Å². The van der Waals surface area contributed by atoms with Crippen molar-refractivity contribution in [2.24, 2.45) is 0 Å². The molecule has 0 aliphatic carbocycles. The second-order valence-corrected chi connectivity index (χ2v) is 11.2. The van der Waals surface area contributed by atoms with Gasteiger partial charge in [-0.2, -0.15) is 0 Å². The second kappa shape index (κ2) is 13.8. The van der Waals surface area contributed by atoms with Crippen LogP contribution in [0.15, 0.2) is 72.8 Å². The van der Waals surface area contributed by atoms with Gasteiger partial charge in [0.15, 0.2) is 0 Å². The first-order chi connectivity index (χ1) is 19.4. The molecule has 3 N–H and O–H groups in total. The lowest BCUT2D eigenvalue weighted by Gasteiger charge is -2.34. The fourth-order valence-corrected chi connectivity index (χ4v) is 4.68. The zero-order valence-corrected chi connectivity index (χ0v) is 24.7. The quantitative estimate of drug-likeness (QED) is 0.280. The lowest BCUT2D eigenvalue weighted by molar-refractivity contribution is -0.140. The molecule has 8 nitrogen and oxygen atoms in total. The Bertz CT molecular complexity index is 1330. The van der Waals surface area contributed by atoms with E-state index in [4.69, 9.17) is 4.74 Å². The van der Waals surface area contributed by atoms with Crippen molar-refractivity contribution in [2.45, 2.75) is 72.1 Å². The molecule has 0 aliphatic rings. The van der Waals surface area contributed by atoms with Crippen molar-refractivity contribution in [3.8, 4) is 5.75 Å². The van der Waals surface area contributed by atoms with Gasteiger partial charge in [-0.3, -0.25) is 9.59 Å². The summed E-state index contributed by atoms with van der Waals surface area (Å²) in [4.78, 5) is 42.7. The summed E-state index contributed by atoms with van der Waals surface area (Å²) < 4.78 is 5.48. The van der Waals surface area contributed by atoms with E-state index >= 15 is 0 Å². The topological polar surface area (TPSA) is 108 Å². The molecule has 41 heavy (non-hydrogen) atoms. The van der Waals surface area contributed by atoms with Gasteiger partial charge in [-0.05, 0) is 75.4 Å². The van der Waals surface area contributed by atoms with Crippen LogP contribution in [-0.4, -0.2) is 46.1 Å². The van der Waals surface area contributed by atoms with Crippen LogP contribution in [0.4, 0.5) is 10.5 Å². The number of phenols is 1. The van der Waals surface area contributed by atoms with Crippen molar-refractivity contribution < 1.29 is 24.2 Å². The summed E-state index contributed by atoms with van der Waals surface area (Å²) >= 11 is 0. The number of amides is 3. The highest BCUT2D eigenvalue weighted by Gasteiger charge is 2.36. The van der Waals surface area contributed by atoms with Crippen LogP contribution in [0.3, 0.4) is 0 Å². The van der Waals surface area contributed by atoms with E-state index in [0.717, 1.165) is 16.7 Å². The van der Waals surface area contributed by atoms with E-state index in [9.17, 15) is 19.5 Å². The molecule has 0 fully saturated rings. The molecule has 3 aromatic carbocycles. The summed E-state index contributed by atoms with van der Waals surface area (Å²) in [6, 6.07) is 19.3. The Labute approximate surface area is 242 Å². The highest BCUT2D eigenvalue weighted by atomic mass is 16.6. The van der Waals surface area contributed by atoms with Crippen LogP contribution in [0.25, 0.3) is 0 Å². The van der Waals surface area contributed by atoms with E-state index in [2.05, 4.69) is 10.6 Å². The predicted molar refractivity (Wildman–Crippen MR) is 161 cm³/mol. The molecular formula is C33H41N3O5. The Morgan fingerprint density at radius 3 is 2.15 bits per heavy atom. The summed E-state index contributed by atoms with van der Waals surface area (Å²) in [5.41, 5.74) is 2.96. The predicted octanol–water partition coefficient (Wildman–Crippen LogP) is 6.06. The molecule has 2 atom stereocenters. The molecule has 0 aromatic heterocycles. The Kier molecular flexibility index (Phi) is 10.5. The molecule has 0 radical (unpaired) electrons. The fraction of sp³-hybridized carbons (Fsp3) is 0.364. The van der Waals surface area contributed by atoms with Crippen molar-refractivity contribution in [3.63, 3.8) is 0 Å². The third-order valence-corrected chi connectivity index (χ3v) is 6.49. The number of nitrogens with one attached hydrogen (secondary N) is 2. The highest BCUT2D eigenvalue weighted by Crippen LogP contribution is 2.29. The third kappa shape index (κ3) is 8.83. The molecule has 2 unspecified atom stereocenters. The van der Waals surface area contributed by atoms with Crippen LogP contribution in [0, 0.1) is 13.8 Å². The van der Waals surface area contributed by atoms with Gasteiger partial charge in [0.1, 0.15) is 23.4 Å². The van der Waals surface area contributed by atoms with E-state index in [-0.39, 0.29) is 18.7 Å². The van der Waals surface area contributed by atoms with Gasteiger partial charge in [-0.25, -0.2) is 4.79 Å². The first-order valence-electron chi connectivity index (χ1n) is 13.9. The number of hydrogen-bond acceptors (Lipinski definition) is 5. The zero-order chi connectivity index (χ0) is 30.2. The van der Waals surface area contributed by atoms with E-state index in [0.29, 0.717) is 17.7 Å². The number of aryl methyl sites for hydroxylation is 2. The number of ether oxygens (including phenoxy) is 1. The molecule has 3 aromatic rings. The van der Waals surface area contributed by atoms with Gasteiger partial charge in [0.2, 0.25) is 5.91 Å². The van der Waals surface area contributed by atoms with Gasteiger partial charge in [0.05, 0.1) is 0 Å². The summed E-state index contributed by atoms with van der Waals surface area (Å²) in [6.07, 6.45) is 0.0317. The van der Waals surface area contributed by atoms with Gasteiger partial charge < -0.3 is 25.4 Å². The summed E-state index contributed by atoms with van der Waals surface area (Å²) in [5.74, 6) is -0.888. The molecular weight excluding hydrogens is 518 g/mol. The number of carbonyl (C=O) groups is 3. The second-order valence-electron chi connectivity index (χ2n) is 11.2. The van der Waals surface area contributed by atoms with Crippen molar-refractivity contribution in [1.29, 1.82) is 0 Å². The maximum absolute atomic E-state index is 14.3. The van der Waals surface area contributed by atoms with Crippen LogP contribution in [0.5, 0.6) is 5.75 Å². The monoisotopic (exact) mass is 559 g/mol. The molecule has 0 saturated heterocycles. The third-order valence-electron chi connectivity index (χ3n) is 6.49. The molecule has 0 aliphatic heterocycles. The molecule has 8 heteroatoms. The number of benzene rings is 3. The number of hydrogen-bond donors (Lipinski definition) is 3. The molecule has 0 heterocycles. The number of carbonyl (C=O) groups excluding carboxylic acids is 3. The minimum Gasteiger partial charge on any atom is -0.508 e. The Hall–Kier alpha value is -4.33. The number of rotatable bonds is 10. The normalized spacial score (nSPS) is 12.6. The van der Waals surface area contributed by atoms with Gasteiger partial charge in [-0.1, -0.05) is 67.6 Å². The lowest BCUT2D eigenvalue weighted by atomic mass is 9.99. The Balaban J connectivity index is 2.06. The maximum Gasteiger partial charge on any atom is 0.408 e. The largest absolute Gasteiger partial charge is 0.508 e. The number of nitrogens with zero attached hydrogens (tertiary/aromatic N) is 1. The fourth-order valence-electron chi connectivity index (χ4n) is 4.68. The Morgan fingerprint density at radius 2 is 1.56 bits per heavy atom. The summed E-state index contributed by atoms with van der Waals surface area (Å²) in [7, 11) is 0. The molecule has 3 rings (SSSR count). The molecule has 218 valence electrons. The number of para-hydroxylation sites is 1. The van der Waals surface area contributed by atoms with E-state index < -0.39 is 35.6 Å². The van der Waals surface area contributed by atoms with Crippen LogP contribution >= 0.6 is 0 Å². The average molecular weight is 560 g/mol. The van der Waals surface area contributed by atoms with Gasteiger partial charge >= 0.3 is 6.09 Å². The maximum atomic E-state index is 14.3. The summed E-state index contributed by atoms with van der Waals surface area (Å²) in [6.45, 7) is 11.2. The lowest BCUT2D eigenvalue weighted by Crippen LogP contribution is -2.53. The van der Waals surface area contributed by atoms with Crippen LogP contribution in [0.2, 0.25) is 0 Å². The minimum absolute atomic E-state index is 0.0241. The molecule has 0 bridgehead atoms. The van der Waals surface area contributed by atoms with E-state index in [1.165, 1.54) is 17.0 Å².